The zero-order chi connectivity index (χ0) is 15.8. The Bertz CT molecular complexity index is 712. The van der Waals surface area contributed by atoms with Gasteiger partial charge in [-0.1, -0.05) is 48.5 Å². The Hall–Kier alpha value is -2.86. The van der Waals surface area contributed by atoms with E-state index in [-0.39, 0.29) is 5.97 Å². The van der Waals surface area contributed by atoms with Gasteiger partial charge in [-0.3, -0.25) is 0 Å². The van der Waals surface area contributed by atoms with Crippen molar-refractivity contribution in [2.24, 2.45) is 0 Å². The molecule has 22 heavy (non-hydrogen) atoms. The first-order chi connectivity index (χ1) is 10.7. The SMILES string of the molecule is CCOC(=O)/C=C(\Cc1ccccc1C#N)c1ccccc1. The molecule has 3 nitrogen and oxygen atoms in total. The minimum Gasteiger partial charge on any atom is -0.463 e. The molecule has 2 aromatic carbocycles. The van der Waals surface area contributed by atoms with Gasteiger partial charge in [0, 0.05) is 6.08 Å². The minimum absolute atomic E-state index is 0.339. The van der Waals surface area contributed by atoms with Gasteiger partial charge in [0.15, 0.2) is 0 Å². The fraction of sp³-hybridized carbons (Fsp3) is 0.158. The van der Waals surface area contributed by atoms with Crippen LogP contribution >= 0.6 is 0 Å². The smallest absolute Gasteiger partial charge is 0.331 e. The van der Waals surface area contributed by atoms with Crippen LogP contribution < -0.4 is 0 Å². The highest BCUT2D eigenvalue weighted by molar-refractivity contribution is 5.92. The summed E-state index contributed by atoms with van der Waals surface area (Å²) in [6, 6.07) is 19.3. The monoisotopic (exact) mass is 291 g/mol. The fourth-order valence-corrected chi connectivity index (χ4v) is 2.20. The predicted molar refractivity (Wildman–Crippen MR) is 85.9 cm³/mol. The summed E-state index contributed by atoms with van der Waals surface area (Å²) in [7, 11) is 0. The molecule has 0 amide bonds. The Balaban J connectivity index is 2.37. The Morgan fingerprint density at radius 2 is 1.82 bits per heavy atom. The summed E-state index contributed by atoms with van der Waals surface area (Å²) in [6.07, 6.45) is 2.01. The number of carbonyl (C=O) groups excluding carboxylic acids is 1. The number of nitriles is 1. The van der Waals surface area contributed by atoms with Gasteiger partial charge in [0.05, 0.1) is 18.2 Å². The van der Waals surface area contributed by atoms with Crippen molar-refractivity contribution in [3.05, 3.63) is 77.4 Å². The van der Waals surface area contributed by atoms with Crippen LogP contribution in [-0.2, 0) is 16.0 Å². The van der Waals surface area contributed by atoms with Gasteiger partial charge in [0.1, 0.15) is 0 Å². The van der Waals surface area contributed by atoms with Crippen LogP contribution in [-0.4, -0.2) is 12.6 Å². The number of hydrogen-bond acceptors (Lipinski definition) is 3. The summed E-state index contributed by atoms with van der Waals surface area (Å²) in [6.45, 7) is 2.12. The van der Waals surface area contributed by atoms with E-state index < -0.39 is 0 Å². The molecule has 0 aromatic heterocycles. The molecule has 0 fully saturated rings. The van der Waals surface area contributed by atoms with Crippen molar-refractivity contribution < 1.29 is 9.53 Å². The normalized spacial score (nSPS) is 10.8. The average Bonchev–Trinajstić information content (AvgIpc) is 2.56. The summed E-state index contributed by atoms with van der Waals surface area (Å²) < 4.78 is 5.01. The third kappa shape index (κ3) is 4.07. The Morgan fingerprint density at radius 3 is 2.50 bits per heavy atom. The van der Waals surface area contributed by atoms with E-state index in [0.29, 0.717) is 18.6 Å². The zero-order valence-corrected chi connectivity index (χ0v) is 12.5. The molecule has 0 N–H and O–H groups in total. The van der Waals surface area contributed by atoms with Gasteiger partial charge >= 0.3 is 5.97 Å². The molecule has 3 heteroatoms. The van der Waals surface area contributed by atoms with Crippen molar-refractivity contribution in [2.75, 3.05) is 6.61 Å². The van der Waals surface area contributed by atoms with Gasteiger partial charge in [-0.2, -0.15) is 5.26 Å². The van der Waals surface area contributed by atoms with Crippen molar-refractivity contribution in [1.82, 2.24) is 0 Å². The quantitative estimate of drug-likeness (QED) is 0.622. The third-order valence-corrected chi connectivity index (χ3v) is 3.24. The summed E-state index contributed by atoms with van der Waals surface area (Å²) in [5, 5.41) is 9.21. The van der Waals surface area contributed by atoms with Crippen molar-refractivity contribution in [2.45, 2.75) is 13.3 Å². The molecule has 0 heterocycles. The number of ether oxygens (including phenoxy) is 1. The average molecular weight is 291 g/mol. The standard InChI is InChI=1S/C19H17NO2/c1-2-22-19(21)13-18(15-8-4-3-5-9-15)12-16-10-6-7-11-17(16)14-20/h3-11,13H,2,12H2,1H3/b18-13+. The number of benzene rings is 2. The molecular weight excluding hydrogens is 274 g/mol. The highest BCUT2D eigenvalue weighted by Crippen LogP contribution is 2.21. The molecule has 0 saturated heterocycles. The van der Waals surface area contributed by atoms with Crippen molar-refractivity contribution >= 4 is 11.5 Å². The van der Waals surface area contributed by atoms with E-state index in [9.17, 15) is 10.1 Å². The molecule has 0 aliphatic rings. The molecular formula is C19H17NO2. The molecule has 0 spiro atoms. The van der Waals surface area contributed by atoms with E-state index in [0.717, 1.165) is 16.7 Å². The van der Waals surface area contributed by atoms with E-state index in [1.165, 1.54) is 6.08 Å². The van der Waals surface area contributed by atoms with Crippen LogP contribution in [0.1, 0.15) is 23.6 Å². The first-order valence-electron chi connectivity index (χ1n) is 7.15. The number of nitrogens with zero attached hydrogens (tertiary/aromatic N) is 1. The van der Waals surface area contributed by atoms with Crippen LogP contribution in [0.25, 0.3) is 5.57 Å². The number of rotatable bonds is 5. The highest BCUT2D eigenvalue weighted by Gasteiger charge is 2.09. The Kier molecular flexibility index (Phi) is 5.50. The largest absolute Gasteiger partial charge is 0.463 e. The lowest BCUT2D eigenvalue weighted by Gasteiger charge is -2.09. The second-order valence-corrected chi connectivity index (χ2v) is 4.73. The number of allylic oxidation sites excluding steroid dienone is 1. The second-order valence-electron chi connectivity index (χ2n) is 4.73. The summed E-state index contributed by atoms with van der Waals surface area (Å²) >= 11 is 0. The van der Waals surface area contributed by atoms with Crippen LogP contribution in [0.15, 0.2) is 60.7 Å². The minimum atomic E-state index is -0.365. The molecule has 0 unspecified atom stereocenters. The molecule has 2 rings (SSSR count). The van der Waals surface area contributed by atoms with E-state index in [2.05, 4.69) is 6.07 Å². The topological polar surface area (TPSA) is 50.1 Å². The molecule has 0 atom stereocenters. The molecule has 2 aromatic rings. The van der Waals surface area contributed by atoms with Gasteiger partial charge in [-0.05, 0) is 36.1 Å². The maximum atomic E-state index is 11.8. The van der Waals surface area contributed by atoms with E-state index in [1.807, 2.05) is 48.5 Å². The van der Waals surface area contributed by atoms with E-state index in [1.54, 1.807) is 13.0 Å². The maximum absolute atomic E-state index is 11.8. The molecule has 0 saturated carbocycles. The fourth-order valence-electron chi connectivity index (χ4n) is 2.20. The molecule has 0 aliphatic heterocycles. The van der Waals surface area contributed by atoms with Crippen molar-refractivity contribution in [3.63, 3.8) is 0 Å². The lowest BCUT2D eigenvalue weighted by Crippen LogP contribution is -2.03. The Morgan fingerprint density at radius 1 is 1.14 bits per heavy atom. The predicted octanol–water partition coefficient (Wildman–Crippen LogP) is 3.75. The maximum Gasteiger partial charge on any atom is 0.331 e. The van der Waals surface area contributed by atoms with Gasteiger partial charge in [-0.15, -0.1) is 0 Å². The number of esters is 1. The number of carbonyl (C=O) groups is 1. The van der Waals surface area contributed by atoms with Gasteiger partial charge < -0.3 is 4.74 Å². The lowest BCUT2D eigenvalue weighted by molar-refractivity contribution is -0.137. The van der Waals surface area contributed by atoms with Crippen LogP contribution in [0.2, 0.25) is 0 Å². The van der Waals surface area contributed by atoms with E-state index >= 15 is 0 Å². The Labute approximate surface area is 130 Å². The van der Waals surface area contributed by atoms with Gasteiger partial charge in [0.2, 0.25) is 0 Å². The molecule has 0 radical (unpaired) electrons. The first kappa shape index (κ1) is 15.5. The molecule has 0 aliphatic carbocycles. The summed E-state index contributed by atoms with van der Waals surface area (Å²) in [4.78, 5) is 11.8. The second kappa shape index (κ2) is 7.80. The van der Waals surface area contributed by atoms with Crippen LogP contribution in [0.3, 0.4) is 0 Å². The van der Waals surface area contributed by atoms with Crippen LogP contribution in [0.5, 0.6) is 0 Å². The highest BCUT2D eigenvalue weighted by atomic mass is 16.5. The van der Waals surface area contributed by atoms with Gasteiger partial charge in [0.25, 0.3) is 0 Å². The van der Waals surface area contributed by atoms with E-state index in [4.69, 9.17) is 4.74 Å². The summed E-state index contributed by atoms with van der Waals surface area (Å²) in [5.74, 6) is -0.365. The number of hydrogen-bond donors (Lipinski definition) is 0. The molecule has 110 valence electrons. The zero-order valence-electron chi connectivity index (χ0n) is 12.5. The van der Waals surface area contributed by atoms with Crippen LogP contribution in [0, 0.1) is 11.3 Å². The first-order valence-corrected chi connectivity index (χ1v) is 7.15. The van der Waals surface area contributed by atoms with Crippen molar-refractivity contribution in [3.8, 4) is 6.07 Å². The van der Waals surface area contributed by atoms with Gasteiger partial charge in [-0.25, -0.2) is 4.79 Å². The van der Waals surface area contributed by atoms with Crippen LogP contribution in [0.4, 0.5) is 0 Å². The summed E-state index contributed by atoms with van der Waals surface area (Å²) in [5.41, 5.74) is 3.29. The third-order valence-electron chi connectivity index (χ3n) is 3.24. The lowest BCUT2D eigenvalue weighted by atomic mass is 9.95. The van der Waals surface area contributed by atoms with Crippen molar-refractivity contribution in [1.29, 1.82) is 5.26 Å². The molecule has 0 bridgehead atoms.